The number of piperazine rings is 1. The Balaban J connectivity index is 1.29. The molecule has 0 unspecified atom stereocenters. The van der Waals surface area contributed by atoms with Gasteiger partial charge in [-0.2, -0.15) is 10.2 Å². The van der Waals surface area contributed by atoms with E-state index in [1.807, 2.05) is 16.5 Å². The number of hydrogen-bond donors (Lipinski definition) is 0. The summed E-state index contributed by atoms with van der Waals surface area (Å²) in [4.78, 5) is 17.1. The zero-order valence-corrected chi connectivity index (χ0v) is 20.5. The molecule has 0 N–H and O–H groups in total. The molecular weight excluding hydrogens is 496 g/mol. The molecule has 0 spiro atoms. The number of aromatic nitrogens is 4. The Kier molecular flexibility index (Phi) is 7.17. The Morgan fingerprint density at radius 1 is 1.16 bits per heavy atom. The third-order valence-corrected chi connectivity index (χ3v) is 6.39. The highest BCUT2D eigenvalue weighted by molar-refractivity contribution is 9.10. The Bertz CT molecular complexity index is 1090. The van der Waals surface area contributed by atoms with Crippen LogP contribution in [0.25, 0.3) is 0 Å². The van der Waals surface area contributed by atoms with Crippen LogP contribution in [0.15, 0.2) is 41.1 Å². The highest BCUT2D eigenvalue weighted by Crippen LogP contribution is 2.28. The number of rotatable bonds is 7. The van der Waals surface area contributed by atoms with Gasteiger partial charge in [-0.25, -0.2) is 4.68 Å². The number of amides is 1. The van der Waals surface area contributed by atoms with Crippen molar-refractivity contribution in [1.29, 1.82) is 0 Å². The summed E-state index contributed by atoms with van der Waals surface area (Å²) < 4.78 is 10.1. The second kappa shape index (κ2) is 10.1. The van der Waals surface area contributed by atoms with Crippen LogP contribution in [0.2, 0.25) is 5.02 Å². The quantitative estimate of drug-likeness (QED) is 0.473. The molecule has 3 aromatic rings. The molecule has 1 aliphatic heterocycles. The summed E-state index contributed by atoms with van der Waals surface area (Å²) in [6, 6.07) is 7.05. The first kappa shape index (κ1) is 22.8. The molecule has 0 atom stereocenters. The average Bonchev–Trinajstić information content (AvgIpc) is 3.40. The number of carbonyl (C=O) groups excluding carboxylic acids is 1. The number of halogens is 2. The number of carbonyl (C=O) groups is 1. The van der Waals surface area contributed by atoms with Gasteiger partial charge in [0, 0.05) is 62.2 Å². The molecule has 3 heterocycles. The predicted molar refractivity (Wildman–Crippen MR) is 126 cm³/mol. The largest absolute Gasteiger partial charge is 0.470 e. The van der Waals surface area contributed by atoms with Crippen molar-refractivity contribution in [2.75, 3.05) is 26.2 Å². The summed E-state index contributed by atoms with van der Waals surface area (Å²) in [6.07, 6.45) is 3.87. The van der Waals surface area contributed by atoms with E-state index in [2.05, 4.69) is 44.1 Å². The van der Waals surface area contributed by atoms with Gasteiger partial charge in [-0.3, -0.25) is 14.4 Å². The van der Waals surface area contributed by atoms with Crippen LogP contribution in [-0.4, -0.2) is 61.4 Å². The lowest BCUT2D eigenvalue weighted by Gasteiger charge is -2.34. The number of hydrogen-bond acceptors (Lipinski definition) is 5. The molecule has 1 saturated heterocycles. The smallest absolute Gasteiger partial charge is 0.274 e. The van der Waals surface area contributed by atoms with Gasteiger partial charge in [-0.1, -0.05) is 11.6 Å². The predicted octanol–water partition coefficient (Wildman–Crippen LogP) is 3.82. The SMILES string of the molecule is CCn1cc(CN2CCN(C(=O)c3ccn(COc4ccc(Cl)cc4Br)n3)CC2)c(C)n1. The van der Waals surface area contributed by atoms with E-state index in [1.54, 1.807) is 35.1 Å². The summed E-state index contributed by atoms with van der Waals surface area (Å²) in [5.74, 6) is 0.611. The molecule has 2 aromatic heterocycles. The minimum atomic E-state index is -0.0499. The fourth-order valence-electron chi connectivity index (χ4n) is 3.66. The van der Waals surface area contributed by atoms with Crippen molar-refractivity contribution < 1.29 is 9.53 Å². The average molecular weight is 522 g/mol. The van der Waals surface area contributed by atoms with E-state index >= 15 is 0 Å². The van der Waals surface area contributed by atoms with Crippen LogP contribution in [0, 0.1) is 6.92 Å². The molecule has 32 heavy (non-hydrogen) atoms. The first-order valence-corrected chi connectivity index (χ1v) is 11.8. The van der Waals surface area contributed by atoms with Crippen molar-refractivity contribution in [3.63, 3.8) is 0 Å². The third-order valence-electron chi connectivity index (χ3n) is 5.53. The fourth-order valence-corrected chi connectivity index (χ4v) is 4.46. The molecule has 0 saturated carbocycles. The Hall–Kier alpha value is -2.36. The maximum absolute atomic E-state index is 12.9. The Morgan fingerprint density at radius 3 is 2.62 bits per heavy atom. The molecule has 4 rings (SSSR count). The van der Waals surface area contributed by atoms with Gasteiger partial charge in [0.2, 0.25) is 0 Å². The highest BCUT2D eigenvalue weighted by Gasteiger charge is 2.24. The van der Waals surface area contributed by atoms with Gasteiger partial charge < -0.3 is 9.64 Å². The van der Waals surface area contributed by atoms with Gasteiger partial charge in [0.1, 0.15) is 5.75 Å². The Labute approximate surface area is 200 Å². The summed E-state index contributed by atoms with van der Waals surface area (Å²) in [6.45, 7) is 9.09. The van der Waals surface area contributed by atoms with E-state index < -0.39 is 0 Å². The minimum Gasteiger partial charge on any atom is -0.470 e. The topological polar surface area (TPSA) is 68.4 Å². The molecule has 8 nitrogen and oxygen atoms in total. The first-order valence-electron chi connectivity index (χ1n) is 10.6. The van der Waals surface area contributed by atoms with Crippen molar-refractivity contribution in [2.24, 2.45) is 0 Å². The van der Waals surface area contributed by atoms with E-state index in [-0.39, 0.29) is 12.6 Å². The van der Waals surface area contributed by atoms with E-state index in [0.29, 0.717) is 29.6 Å². The van der Waals surface area contributed by atoms with Crippen LogP contribution in [0.4, 0.5) is 0 Å². The molecule has 1 aromatic carbocycles. The van der Waals surface area contributed by atoms with Gasteiger partial charge >= 0.3 is 0 Å². The van der Waals surface area contributed by atoms with Crippen LogP contribution in [0.5, 0.6) is 5.75 Å². The number of ether oxygens (including phenoxy) is 1. The Morgan fingerprint density at radius 2 is 1.94 bits per heavy atom. The molecule has 10 heteroatoms. The van der Waals surface area contributed by atoms with Gasteiger partial charge in [0.25, 0.3) is 5.91 Å². The summed E-state index contributed by atoms with van der Waals surface area (Å²) in [5, 5.41) is 9.54. The molecule has 1 fully saturated rings. The van der Waals surface area contributed by atoms with Crippen molar-refractivity contribution in [2.45, 2.75) is 33.7 Å². The zero-order valence-electron chi connectivity index (χ0n) is 18.2. The van der Waals surface area contributed by atoms with Crippen LogP contribution < -0.4 is 4.74 Å². The number of aryl methyl sites for hydroxylation is 2. The maximum Gasteiger partial charge on any atom is 0.274 e. The lowest BCUT2D eigenvalue weighted by Crippen LogP contribution is -2.48. The van der Waals surface area contributed by atoms with Crippen LogP contribution in [0.1, 0.15) is 28.7 Å². The summed E-state index contributed by atoms with van der Waals surface area (Å²) in [7, 11) is 0. The van der Waals surface area contributed by atoms with Gasteiger partial charge in [0.15, 0.2) is 12.4 Å². The van der Waals surface area contributed by atoms with E-state index in [1.165, 1.54) is 5.56 Å². The second-order valence-electron chi connectivity index (χ2n) is 7.75. The lowest BCUT2D eigenvalue weighted by atomic mass is 10.2. The summed E-state index contributed by atoms with van der Waals surface area (Å²) >= 11 is 9.38. The number of benzene rings is 1. The standard InChI is InChI=1S/C22H26BrClN6O2/c1-3-29-14-17(16(2)25-29)13-27-8-10-28(11-9-27)22(31)20-6-7-30(26-20)15-32-21-5-4-18(24)12-19(21)23/h4-7,12,14H,3,8-11,13,15H2,1-2H3. The lowest BCUT2D eigenvalue weighted by molar-refractivity contribution is 0.0620. The fraction of sp³-hybridized carbons (Fsp3) is 0.409. The van der Waals surface area contributed by atoms with E-state index in [0.717, 1.165) is 36.3 Å². The van der Waals surface area contributed by atoms with E-state index in [9.17, 15) is 4.79 Å². The van der Waals surface area contributed by atoms with Crippen molar-refractivity contribution in [3.8, 4) is 5.75 Å². The number of nitrogens with zero attached hydrogens (tertiary/aromatic N) is 6. The highest BCUT2D eigenvalue weighted by atomic mass is 79.9. The minimum absolute atomic E-state index is 0.0499. The van der Waals surface area contributed by atoms with Gasteiger partial charge in [0.05, 0.1) is 10.2 Å². The molecule has 0 aliphatic carbocycles. The van der Waals surface area contributed by atoms with Gasteiger partial charge in [-0.05, 0) is 54.0 Å². The van der Waals surface area contributed by atoms with E-state index in [4.69, 9.17) is 16.3 Å². The zero-order chi connectivity index (χ0) is 22.7. The molecule has 1 aliphatic rings. The first-order chi connectivity index (χ1) is 15.4. The molecule has 0 bridgehead atoms. The van der Waals surface area contributed by atoms with Crippen molar-refractivity contribution in [1.82, 2.24) is 29.4 Å². The molecule has 0 radical (unpaired) electrons. The second-order valence-corrected chi connectivity index (χ2v) is 9.04. The van der Waals surface area contributed by atoms with Crippen molar-refractivity contribution in [3.05, 3.63) is 63.1 Å². The van der Waals surface area contributed by atoms with Crippen LogP contribution in [-0.2, 0) is 19.8 Å². The monoisotopic (exact) mass is 520 g/mol. The molecular formula is C22H26BrClN6O2. The summed E-state index contributed by atoms with van der Waals surface area (Å²) in [5.41, 5.74) is 2.75. The van der Waals surface area contributed by atoms with Crippen LogP contribution >= 0.6 is 27.5 Å². The molecule has 170 valence electrons. The maximum atomic E-state index is 12.9. The normalized spacial score (nSPS) is 14.7. The van der Waals surface area contributed by atoms with Crippen LogP contribution in [0.3, 0.4) is 0 Å². The molecule has 1 amide bonds. The third kappa shape index (κ3) is 5.33. The van der Waals surface area contributed by atoms with Gasteiger partial charge in [-0.15, -0.1) is 0 Å². The van der Waals surface area contributed by atoms with Crippen molar-refractivity contribution >= 4 is 33.4 Å².